The zero-order valence-electron chi connectivity index (χ0n) is 53.5. The smallest absolute Gasteiger partial charge is 0.308 e. The summed E-state index contributed by atoms with van der Waals surface area (Å²) in [5, 5.41) is 36.0. The van der Waals surface area contributed by atoms with Gasteiger partial charge in [-0.3, -0.25) is 57.7 Å². The molecule has 2 aliphatic heterocycles. The minimum atomic E-state index is -1.34. The molecule has 94 heavy (non-hydrogen) atoms. The number of halogens is 1. The summed E-state index contributed by atoms with van der Waals surface area (Å²) in [5.74, 6) is -6.19. The largest absolute Gasteiger partial charge is 1.00 e. The zero-order chi connectivity index (χ0) is 67.8. The molecule has 4 atom stereocenters. The molecule has 0 radical (unpaired) electrons. The second-order valence-corrected chi connectivity index (χ2v) is 20.2. The number of ether oxygens (including phenoxy) is 5. The number of nitrogens with zero attached hydrogens (tertiary/aromatic N) is 8. The molecule has 0 bridgehead atoms. The highest BCUT2D eigenvalue weighted by atomic mass is 35.5. The van der Waals surface area contributed by atoms with E-state index in [-0.39, 0.29) is 98.3 Å². The first-order valence-corrected chi connectivity index (χ1v) is 30.5. The van der Waals surface area contributed by atoms with E-state index in [4.69, 9.17) is 46.2 Å². The van der Waals surface area contributed by atoms with Crippen LogP contribution in [0.1, 0.15) is 52.5 Å². The number of hydrogen-bond acceptors (Lipinski definition) is 23. The van der Waals surface area contributed by atoms with Gasteiger partial charge in [0.05, 0.1) is 85.1 Å². The van der Waals surface area contributed by atoms with Crippen molar-refractivity contribution >= 4 is 59.1 Å². The van der Waals surface area contributed by atoms with E-state index in [0.29, 0.717) is 91.9 Å². The fourth-order valence-electron chi connectivity index (χ4n) is 8.08. The molecule has 2 saturated heterocycles. The first kappa shape index (κ1) is 88.4. The lowest BCUT2D eigenvalue weighted by molar-refractivity contribution is -0.365. The maximum absolute atomic E-state index is 13.2. The number of morpholine rings is 2. The van der Waals surface area contributed by atoms with Gasteiger partial charge in [0.1, 0.15) is 30.8 Å². The standard InChI is InChI=1S/C27H40N8O8.C24H45N11O7.C4H13N3.CH4.ClH/c1-20(36)32-23(18-25(38)43-19-21-5-3-2-4-6-21)27(40)33-22(26(39)30-8-13-41-14-9-31-34-28)17-24(37)29-7-10-35-11-15-42-16-12-35;1-18(36)32-20(17-21(37)28-5-4-27-3-2-25)24(40)33-19(23(39)30-7-12-41-13-8-31-34-26)16-22(38)29-6-9-35-10-14-42-15-11-35;5-1-3-7-4-2-6;;/h2-6,22-23H,7-19H2,1H3,(H,29,37)(H,30,39)(H,32,36)(H,33,40);19-20,27H,2-17,25H2,1H3,(H,28,37)(H,29,38)(H,30,39)(H,32,36)(H,33,40);7H,1-6H2;1H4;1H/t22-,23-;19-,20-;;;/m00.../s1. The average Bonchev–Trinajstić information content (AvgIpc) is 1.12. The van der Waals surface area contributed by atoms with E-state index < -0.39 is 89.7 Å². The Hall–Kier alpha value is -7.61. The monoisotopic (exact) mass is 1360 g/mol. The van der Waals surface area contributed by atoms with Gasteiger partial charge in [-0.2, -0.15) is 0 Å². The molecule has 2 fully saturated rings. The second kappa shape index (κ2) is 59.2. The Morgan fingerprint density at radius 2 is 0.947 bits per heavy atom. The van der Waals surface area contributed by atoms with Crippen LogP contribution in [0.5, 0.6) is 0 Å². The number of esters is 1. The SMILES string of the molecule is C.CC(=O)N[C@@H](CC(=O)NCCNCC[NH3+])C(=O)N[C@@H](CC(=O)NCCN1CCOCC1)C(=O)NCCOCCN=[N+]=[N-].CC(=O)N[C@@H](CC(=O)OCc1ccccc1)C(=O)N[C@@H](CC(=O)NCCN1CCOCC1)C(=O)NCCOCCN=[N+]=[N-].NCCNCCN.[Cl-]. The number of azide groups is 2. The van der Waals surface area contributed by atoms with Gasteiger partial charge in [0.25, 0.3) is 0 Å². The topological polar surface area (TPSA) is 533 Å². The van der Waals surface area contributed by atoms with Crippen molar-refractivity contribution in [1.29, 1.82) is 0 Å². The van der Waals surface area contributed by atoms with Crippen molar-refractivity contribution in [3.63, 3.8) is 0 Å². The molecule has 38 heteroatoms. The molecule has 0 aliphatic carbocycles. The molecule has 0 unspecified atom stereocenters. The fourth-order valence-corrected chi connectivity index (χ4v) is 8.08. The second-order valence-electron chi connectivity index (χ2n) is 20.2. The van der Waals surface area contributed by atoms with Crippen LogP contribution in [0.2, 0.25) is 0 Å². The molecule has 18 N–H and O–H groups in total. The van der Waals surface area contributed by atoms with Gasteiger partial charge in [-0.25, -0.2) is 0 Å². The fraction of sp³-hybridized carbons (Fsp3) is 0.714. The molecule has 0 spiro atoms. The number of nitrogens with two attached hydrogens (primary N) is 2. The molecule has 37 nitrogen and oxygen atoms in total. The van der Waals surface area contributed by atoms with Crippen molar-refractivity contribution in [1.82, 2.24) is 68.3 Å². The third kappa shape index (κ3) is 48.2. The molecular weight excluding hydrogens is 1260 g/mol. The quantitative estimate of drug-likeness (QED) is 0.00948. The van der Waals surface area contributed by atoms with E-state index in [1.54, 1.807) is 24.3 Å². The summed E-state index contributed by atoms with van der Waals surface area (Å²) < 4.78 is 26.4. The number of amides is 9. The lowest BCUT2D eigenvalue weighted by Crippen LogP contribution is -3.00. The van der Waals surface area contributed by atoms with E-state index in [1.165, 1.54) is 13.8 Å². The minimum absolute atomic E-state index is 0. The third-order valence-corrected chi connectivity index (χ3v) is 12.7. The molecular formula is C56H103ClN22O15. The zero-order valence-corrected chi connectivity index (χ0v) is 54.2. The van der Waals surface area contributed by atoms with Crippen LogP contribution in [0.15, 0.2) is 40.6 Å². The van der Waals surface area contributed by atoms with Crippen molar-refractivity contribution in [3.8, 4) is 0 Å². The molecule has 3 rings (SSSR count). The van der Waals surface area contributed by atoms with Gasteiger partial charge in [0.15, 0.2) is 0 Å². The Labute approximate surface area is 555 Å². The number of carbonyl (C=O) groups is 10. The van der Waals surface area contributed by atoms with Crippen molar-refractivity contribution in [2.45, 2.75) is 77.7 Å². The van der Waals surface area contributed by atoms with Gasteiger partial charge < -0.3 is 112 Å². The van der Waals surface area contributed by atoms with E-state index >= 15 is 0 Å². The molecule has 1 aromatic rings. The van der Waals surface area contributed by atoms with Crippen LogP contribution in [-0.2, 0) is 78.2 Å². The Morgan fingerprint density at radius 3 is 1.35 bits per heavy atom. The first-order valence-electron chi connectivity index (χ1n) is 30.5. The summed E-state index contributed by atoms with van der Waals surface area (Å²) in [5.41, 5.74) is 31.4. The highest BCUT2D eigenvalue weighted by Gasteiger charge is 2.32. The Morgan fingerprint density at radius 1 is 0.543 bits per heavy atom. The lowest BCUT2D eigenvalue weighted by atomic mass is 10.1. The van der Waals surface area contributed by atoms with Gasteiger partial charge in [-0.15, -0.1) is 0 Å². The van der Waals surface area contributed by atoms with Crippen molar-refractivity contribution in [2.24, 2.45) is 21.7 Å². The number of rotatable bonds is 45. The molecule has 2 heterocycles. The van der Waals surface area contributed by atoms with E-state index in [1.807, 2.05) is 6.07 Å². The maximum atomic E-state index is 13.2. The molecule has 2 aliphatic rings. The van der Waals surface area contributed by atoms with E-state index in [9.17, 15) is 47.9 Å². The van der Waals surface area contributed by atoms with E-state index in [0.717, 1.165) is 44.8 Å². The Balaban J connectivity index is 0. The molecule has 1 aromatic carbocycles. The molecule has 0 saturated carbocycles. The van der Waals surface area contributed by atoms with Crippen LogP contribution in [0.3, 0.4) is 0 Å². The lowest BCUT2D eigenvalue weighted by Gasteiger charge is -2.26. The summed E-state index contributed by atoms with van der Waals surface area (Å²) >= 11 is 0. The van der Waals surface area contributed by atoms with Gasteiger partial charge in [-0.1, -0.05) is 48.0 Å². The number of nitrogens with one attached hydrogen (secondary N) is 11. The Kier molecular flexibility index (Phi) is 55.7. The average molecular weight is 1360 g/mol. The molecule has 534 valence electrons. The van der Waals surface area contributed by atoms with Gasteiger partial charge in [0, 0.05) is 148 Å². The number of benzene rings is 1. The van der Waals surface area contributed by atoms with Crippen molar-refractivity contribution < 1.29 is 89.8 Å². The van der Waals surface area contributed by atoms with Crippen LogP contribution < -0.4 is 88.1 Å². The molecule has 9 amide bonds. The van der Waals surface area contributed by atoms with Crippen LogP contribution in [0, 0.1) is 0 Å². The van der Waals surface area contributed by atoms with Crippen LogP contribution >= 0.6 is 0 Å². The predicted octanol–water partition coefficient (Wildman–Crippen LogP) is -8.88. The predicted molar refractivity (Wildman–Crippen MR) is 341 cm³/mol. The maximum Gasteiger partial charge on any atom is 0.308 e. The normalized spacial score (nSPS) is 13.8. The highest BCUT2D eigenvalue weighted by Crippen LogP contribution is 2.06. The van der Waals surface area contributed by atoms with E-state index in [2.05, 4.69) is 94.1 Å². The van der Waals surface area contributed by atoms with Gasteiger partial charge >= 0.3 is 5.97 Å². The van der Waals surface area contributed by atoms with Crippen molar-refractivity contribution in [2.75, 3.05) is 184 Å². The highest BCUT2D eigenvalue weighted by molar-refractivity contribution is 5.97. The summed E-state index contributed by atoms with van der Waals surface area (Å²) in [6, 6.07) is 3.73. The third-order valence-electron chi connectivity index (χ3n) is 12.7. The first-order chi connectivity index (χ1) is 44.5. The van der Waals surface area contributed by atoms with Gasteiger partial charge in [0.2, 0.25) is 53.2 Å². The Bertz CT molecular complexity index is 2400. The van der Waals surface area contributed by atoms with Gasteiger partial charge in [-0.05, 0) is 16.6 Å². The summed E-state index contributed by atoms with van der Waals surface area (Å²) in [6.07, 6.45) is -1.60. The van der Waals surface area contributed by atoms with Crippen LogP contribution in [0.4, 0.5) is 0 Å². The number of hydrogen-bond donors (Lipinski definition) is 14. The summed E-state index contributed by atoms with van der Waals surface area (Å²) in [7, 11) is 0. The summed E-state index contributed by atoms with van der Waals surface area (Å²) in [4.78, 5) is 135. The number of carbonyl (C=O) groups excluding carboxylic acids is 10. The van der Waals surface area contributed by atoms with Crippen LogP contribution in [-0.4, -0.2) is 277 Å². The summed E-state index contributed by atoms with van der Waals surface area (Å²) in [6.45, 7) is 16.0. The molecule has 0 aromatic heterocycles. The number of quaternary nitrogens is 1. The van der Waals surface area contributed by atoms with Crippen LogP contribution in [0.25, 0.3) is 20.9 Å². The minimum Gasteiger partial charge on any atom is -1.00 e. The van der Waals surface area contributed by atoms with Crippen molar-refractivity contribution in [3.05, 3.63) is 56.8 Å².